The first-order valence-electron chi connectivity index (χ1n) is 7.53. The number of hydrazone groups is 1. The van der Waals surface area contributed by atoms with Crippen molar-refractivity contribution in [1.82, 2.24) is 10.4 Å². The lowest BCUT2D eigenvalue weighted by Crippen LogP contribution is -2.19. The molecule has 0 saturated carbocycles. The Kier molecular flexibility index (Phi) is 4.61. The number of hydrogen-bond acceptors (Lipinski definition) is 4. The zero-order chi connectivity index (χ0) is 16.1. The highest BCUT2D eigenvalue weighted by atomic mass is 19.1. The van der Waals surface area contributed by atoms with E-state index in [1.165, 1.54) is 18.5 Å². The molecule has 1 aromatic heterocycles. The summed E-state index contributed by atoms with van der Waals surface area (Å²) in [5.41, 5.74) is 3.86. The fourth-order valence-electron chi connectivity index (χ4n) is 2.54. The van der Waals surface area contributed by atoms with Crippen LogP contribution in [-0.4, -0.2) is 30.2 Å². The number of carbonyl (C=O) groups is 1. The lowest BCUT2D eigenvalue weighted by molar-refractivity contribution is 0.0950. The van der Waals surface area contributed by atoms with Crippen LogP contribution < -0.4 is 10.3 Å². The van der Waals surface area contributed by atoms with Crippen LogP contribution in [0.4, 0.5) is 10.1 Å². The maximum absolute atomic E-state index is 14.2. The Hall–Kier alpha value is -2.76. The average molecular weight is 312 g/mol. The standard InChI is InChI=1S/C17H17FN4O/c18-14-11-13(6-7-16(14)22-9-3-4-10-22)12-20-21-17(23)15-5-1-2-8-19-15/h1-2,5-8,11-12H,3-4,9-10H2,(H,21,23)/b20-12-. The van der Waals surface area contributed by atoms with Gasteiger partial charge in [-0.05, 0) is 42.7 Å². The molecule has 118 valence electrons. The van der Waals surface area contributed by atoms with E-state index in [1.807, 2.05) is 4.90 Å². The molecule has 0 unspecified atom stereocenters. The Morgan fingerprint density at radius 2 is 2.09 bits per heavy atom. The Labute approximate surface area is 133 Å². The van der Waals surface area contributed by atoms with E-state index >= 15 is 0 Å². The van der Waals surface area contributed by atoms with Crippen LogP contribution in [0.2, 0.25) is 0 Å². The van der Waals surface area contributed by atoms with Crippen LogP contribution in [0.1, 0.15) is 28.9 Å². The number of rotatable bonds is 4. The van der Waals surface area contributed by atoms with Crippen molar-refractivity contribution in [2.75, 3.05) is 18.0 Å². The second kappa shape index (κ2) is 7.00. The van der Waals surface area contributed by atoms with Gasteiger partial charge in [-0.15, -0.1) is 0 Å². The first-order chi connectivity index (χ1) is 11.2. The van der Waals surface area contributed by atoms with Gasteiger partial charge in [0.05, 0.1) is 11.9 Å². The summed E-state index contributed by atoms with van der Waals surface area (Å²) in [5.74, 6) is -0.678. The molecule has 0 bridgehead atoms. The maximum Gasteiger partial charge on any atom is 0.289 e. The van der Waals surface area contributed by atoms with Crippen molar-refractivity contribution < 1.29 is 9.18 Å². The molecule has 0 aliphatic carbocycles. The van der Waals surface area contributed by atoms with Gasteiger partial charge in [-0.1, -0.05) is 12.1 Å². The van der Waals surface area contributed by atoms with Crippen LogP contribution in [0.3, 0.4) is 0 Å². The number of halogens is 1. The largest absolute Gasteiger partial charge is 0.369 e. The van der Waals surface area contributed by atoms with E-state index in [0.717, 1.165) is 25.9 Å². The number of amides is 1. The molecule has 1 aliphatic rings. The van der Waals surface area contributed by atoms with Gasteiger partial charge in [-0.25, -0.2) is 9.82 Å². The second-order valence-electron chi connectivity index (χ2n) is 5.32. The highest BCUT2D eigenvalue weighted by Crippen LogP contribution is 2.23. The molecule has 2 aromatic rings. The minimum atomic E-state index is -0.406. The third kappa shape index (κ3) is 3.71. The number of anilines is 1. The smallest absolute Gasteiger partial charge is 0.289 e. The van der Waals surface area contributed by atoms with Crippen LogP contribution in [0.15, 0.2) is 47.7 Å². The van der Waals surface area contributed by atoms with Gasteiger partial charge in [0.25, 0.3) is 5.91 Å². The minimum absolute atomic E-state index is 0.271. The SMILES string of the molecule is O=C(N/N=C\c1ccc(N2CCCC2)c(F)c1)c1ccccn1. The molecule has 23 heavy (non-hydrogen) atoms. The lowest BCUT2D eigenvalue weighted by Gasteiger charge is -2.18. The Balaban J connectivity index is 1.63. The third-order valence-corrected chi connectivity index (χ3v) is 3.70. The molecule has 1 saturated heterocycles. The molecule has 0 atom stereocenters. The summed E-state index contributed by atoms with van der Waals surface area (Å²) < 4.78 is 14.2. The van der Waals surface area contributed by atoms with Crippen molar-refractivity contribution in [3.8, 4) is 0 Å². The number of nitrogens with one attached hydrogen (secondary N) is 1. The van der Waals surface area contributed by atoms with Crippen LogP contribution in [0.5, 0.6) is 0 Å². The summed E-state index contributed by atoms with van der Waals surface area (Å²) in [6, 6.07) is 10.00. The summed E-state index contributed by atoms with van der Waals surface area (Å²) in [4.78, 5) is 17.7. The van der Waals surface area contributed by atoms with Crippen molar-refractivity contribution in [3.63, 3.8) is 0 Å². The summed E-state index contributed by atoms with van der Waals surface area (Å²) in [5, 5.41) is 3.84. The van der Waals surface area contributed by atoms with Gasteiger partial charge < -0.3 is 4.90 Å². The Bertz CT molecular complexity index is 712. The Morgan fingerprint density at radius 1 is 1.26 bits per heavy atom. The van der Waals surface area contributed by atoms with E-state index in [-0.39, 0.29) is 11.5 Å². The molecule has 5 nitrogen and oxygen atoms in total. The van der Waals surface area contributed by atoms with Gasteiger partial charge in [0.15, 0.2) is 0 Å². The minimum Gasteiger partial charge on any atom is -0.369 e. The van der Waals surface area contributed by atoms with Crippen LogP contribution in [0, 0.1) is 5.82 Å². The summed E-state index contributed by atoms with van der Waals surface area (Å²) >= 11 is 0. The second-order valence-corrected chi connectivity index (χ2v) is 5.32. The number of pyridine rings is 1. The summed E-state index contributed by atoms with van der Waals surface area (Å²) in [6.07, 6.45) is 5.15. The van der Waals surface area contributed by atoms with Gasteiger partial charge >= 0.3 is 0 Å². The predicted molar refractivity (Wildman–Crippen MR) is 87.1 cm³/mol. The third-order valence-electron chi connectivity index (χ3n) is 3.70. The quantitative estimate of drug-likeness (QED) is 0.697. The highest BCUT2D eigenvalue weighted by Gasteiger charge is 2.15. The monoisotopic (exact) mass is 312 g/mol. The van der Waals surface area contributed by atoms with Gasteiger partial charge in [-0.3, -0.25) is 9.78 Å². The average Bonchev–Trinajstić information content (AvgIpc) is 3.10. The molecule has 3 rings (SSSR count). The topological polar surface area (TPSA) is 57.6 Å². The Morgan fingerprint density at radius 3 is 2.78 bits per heavy atom. The molecule has 0 radical (unpaired) electrons. The van der Waals surface area contributed by atoms with E-state index < -0.39 is 5.91 Å². The van der Waals surface area contributed by atoms with Gasteiger partial charge in [0.2, 0.25) is 0 Å². The van der Waals surface area contributed by atoms with E-state index in [1.54, 1.807) is 30.3 Å². The fraction of sp³-hybridized carbons (Fsp3) is 0.235. The summed E-state index contributed by atoms with van der Waals surface area (Å²) in [6.45, 7) is 1.79. The van der Waals surface area contributed by atoms with E-state index in [9.17, 15) is 9.18 Å². The number of carbonyl (C=O) groups excluding carboxylic acids is 1. The van der Waals surface area contributed by atoms with Crippen molar-refractivity contribution in [2.24, 2.45) is 5.10 Å². The molecule has 6 heteroatoms. The predicted octanol–water partition coefficient (Wildman–Crippen LogP) is 2.58. The van der Waals surface area contributed by atoms with Crippen molar-refractivity contribution in [3.05, 3.63) is 59.7 Å². The van der Waals surface area contributed by atoms with Crippen molar-refractivity contribution in [2.45, 2.75) is 12.8 Å². The highest BCUT2D eigenvalue weighted by molar-refractivity contribution is 5.93. The molecule has 1 amide bonds. The van der Waals surface area contributed by atoms with E-state index in [2.05, 4.69) is 15.5 Å². The molecule has 1 N–H and O–H groups in total. The van der Waals surface area contributed by atoms with Crippen LogP contribution in [-0.2, 0) is 0 Å². The normalized spacial score (nSPS) is 14.4. The molecular weight excluding hydrogens is 295 g/mol. The molecule has 2 heterocycles. The molecule has 1 aliphatic heterocycles. The number of nitrogens with zero attached hydrogens (tertiary/aromatic N) is 3. The van der Waals surface area contributed by atoms with Crippen LogP contribution >= 0.6 is 0 Å². The number of benzene rings is 1. The van der Waals surface area contributed by atoms with E-state index in [4.69, 9.17) is 0 Å². The number of hydrogen-bond donors (Lipinski definition) is 1. The zero-order valence-electron chi connectivity index (χ0n) is 12.6. The first-order valence-corrected chi connectivity index (χ1v) is 7.53. The summed E-state index contributed by atoms with van der Waals surface area (Å²) in [7, 11) is 0. The molecular formula is C17H17FN4O. The van der Waals surface area contributed by atoms with Crippen molar-refractivity contribution >= 4 is 17.8 Å². The molecule has 1 fully saturated rings. The lowest BCUT2D eigenvalue weighted by atomic mass is 10.2. The zero-order valence-corrected chi connectivity index (χ0v) is 12.6. The maximum atomic E-state index is 14.2. The van der Waals surface area contributed by atoms with Gasteiger partial charge in [0, 0.05) is 19.3 Å². The fourth-order valence-corrected chi connectivity index (χ4v) is 2.54. The molecule has 1 aromatic carbocycles. The van der Waals surface area contributed by atoms with Gasteiger partial charge in [0.1, 0.15) is 11.5 Å². The molecule has 0 spiro atoms. The number of aromatic nitrogens is 1. The van der Waals surface area contributed by atoms with E-state index in [0.29, 0.717) is 11.3 Å². The first kappa shape index (κ1) is 15.1. The van der Waals surface area contributed by atoms with Crippen molar-refractivity contribution in [1.29, 1.82) is 0 Å². The van der Waals surface area contributed by atoms with Gasteiger partial charge in [-0.2, -0.15) is 5.10 Å². The van der Waals surface area contributed by atoms with Crippen LogP contribution in [0.25, 0.3) is 0 Å².